The summed E-state index contributed by atoms with van der Waals surface area (Å²) in [5.74, 6) is -0.652. The minimum Gasteiger partial charge on any atom is -0.508 e. The lowest BCUT2D eigenvalue weighted by molar-refractivity contribution is -0.147. The number of carbonyl (C=O) groups excluding carboxylic acids is 1. The topological polar surface area (TPSA) is 88.8 Å². The van der Waals surface area contributed by atoms with E-state index >= 15 is 0 Å². The number of esters is 1. The fourth-order valence-electron chi connectivity index (χ4n) is 6.49. The van der Waals surface area contributed by atoms with Crippen molar-refractivity contribution in [2.24, 2.45) is 5.41 Å². The summed E-state index contributed by atoms with van der Waals surface area (Å²) in [4.78, 5) is 24.8. The van der Waals surface area contributed by atoms with Crippen LogP contribution < -0.4 is 0 Å². The normalized spacial score (nSPS) is 23.8. The summed E-state index contributed by atoms with van der Waals surface area (Å²) in [7, 11) is 1.42. The van der Waals surface area contributed by atoms with Crippen LogP contribution in [0.25, 0.3) is 22.2 Å². The standard InChI is InChI=1S/C27H27NO5/c1-33-26(32)27-13-21(27)20-12-17(29)8-10-18(20)24-23(15-5-3-2-4-6-15)19-9-7-16(25(30)31)11-22(19)28(24)14-27/h7-12,15,21,29H,2-6,13-14H2,1H3,(H,30,31). The molecule has 2 saturated carbocycles. The molecule has 3 aromatic rings. The van der Waals surface area contributed by atoms with Gasteiger partial charge in [0.15, 0.2) is 0 Å². The fourth-order valence-corrected chi connectivity index (χ4v) is 6.49. The predicted octanol–water partition coefficient (Wildman–Crippen LogP) is 5.42. The molecule has 0 amide bonds. The number of aromatic hydroxyl groups is 1. The zero-order chi connectivity index (χ0) is 22.9. The lowest BCUT2D eigenvalue weighted by Gasteiger charge is -2.24. The molecule has 3 aliphatic rings. The van der Waals surface area contributed by atoms with E-state index in [2.05, 4.69) is 4.57 Å². The van der Waals surface area contributed by atoms with Gasteiger partial charge in [0.25, 0.3) is 0 Å². The number of aromatic nitrogens is 1. The van der Waals surface area contributed by atoms with E-state index in [1.807, 2.05) is 12.1 Å². The molecule has 2 aliphatic carbocycles. The summed E-state index contributed by atoms with van der Waals surface area (Å²) in [5.41, 5.74) is 4.76. The zero-order valence-corrected chi connectivity index (χ0v) is 18.6. The molecule has 0 radical (unpaired) electrons. The van der Waals surface area contributed by atoms with Crippen LogP contribution in [0.1, 0.15) is 71.8 Å². The molecule has 2 fully saturated rings. The van der Waals surface area contributed by atoms with Gasteiger partial charge in [-0.2, -0.15) is 0 Å². The third-order valence-electron chi connectivity index (χ3n) is 8.14. The number of hydrogen-bond donors (Lipinski definition) is 2. The number of carboxylic acids is 1. The number of aromatic carboxylic acids is 1. The van der Waals surface area contributed by atoms with E-state index in [1.54, 1.807) is 24.3 Å². The molecule has 6 heteroatoms. The molecule has 1 aliphatic heterocycles. The van der Waals surface area contributed by atoms with Crippen LogP contribution in [0.15, 0.2) is 36.4 Å². The largest absolute Gasteiger partial charge is 0.508 e. The first-order valence-corrected chi connectivity index (χ1v) is 11.8. The van der Waals surface area contributed by atoms with Crippen LogP contribution in [0.4, 0.5) is 0 Å². The van der Waals surface area contributed by atoms with Crippen molar-refractivity contribution < 1.29 is 24.5 Å². The smallest absolute Gasteiger partial charge is 0.335 e. The average Bonchev–Trinajstić information content (AvgIpc) is 3.49. The van der Waals surface area contributed by atoms with E-state index in [1.165, 1.54) is 31.9 Å². The van der Waals surface area contributed by atoms with Gasteiger partial charge in [0, 0.05) is 28.9 Å². The highest BCUT2D eigenvalue weighted by atomic mass is 16.5. The van der Waals surface area contributed by atoms with Crippen molar-refractivity contribution in [2.45, 2.75) is 56.9 Å². The van der Waals surface area contributed by atoms with Crippen molar-refractivity contribution in [2.75, 3.05) is 7.11 Å². The molecule has 2 atom stereocenters. The summed E-state index contributed by atoms with van der Waals surface area (Å²) >= 11 is 0. The molecule has 0 spiro atoms. The summed E-state index contributed by atoms with van der Waals surface area (Å²) in [6.07, 6.45) is 6.47. The van der Waals surface area contributed by atoms with Gasteiger partial charge in [0.2, 0.25) is 0 Å². The van der Waals surface area contributed by atoms with Gasteiger partial charge in [-0.25, -0.2) is 4.79 Å². The Hall–Kier alpha value is -3.28. The molecule has 33 heavy (non-hydrogen) atoms. The second-order valence-corrected chi connectivity index (χ2v) is 9.90. The maximum atomic E-state index is 13.0. The molecule has 6 nitrogen and oxygen atoms in total. The predicted molar refractivity (Wildman–Crippen MR) is 124 cm³/mol. The monoisotopic (exact) mass is 445 g/mol. The number of benzene rings is 2. The van der Waals surface area contributed by atoms with E-state index in [0.29, 0.717) is 18.9 Å². The van der Waals surface area contributed by atoms with Crippen molar-refractivity contribution in [1.82, 2.24) is 4.57 Å². The molecule has 170 valence electrons. The molecule has 0 saturated heterocycles. The molecule has 1 aromatic heterocycles. The van der Waals surface area contributed by atoms with Gasteiger partial charge >= 0.3 is 11.9 Å². The lowest BCUT2D eigenvalue weighted by Crippen LogP contribution is -2.24. The van der Waals surface area contributed by atoms with Crippen molar-refractivity contribution in [1.29, 1.82) is 0 Å². The maximum absolute atomic E-state index is 13.0. The van der Waals surface area contributed by atoms with E-state index in [0.717, 1.165) is 40.6 Å². The van der Waals surface area contributed by atoms with Crippen molar-refractivity contribution in [3.63, 3.8) is 0 Å². The first-order valence-electron chi connectivity index (χ1n) is 11.8. The number of phenols is 1. The van der Waals surface area contributed by atoms with Gasteiger partial charge in [-0.05, 0) is 66.6 Å². The highest BCUT2D eigenvalue weighted by Crippen LogP contribution is 2.65. The van der Waals surface area contributed by atoms with Gasteiger partial charge in [-0.1, -0.05) is 25.3 Å². The highest BCUT2D eigenvalue weighted by molar-refractivity contribution is 5.99. The summed E-state index contributed by atoms with van der Waals surface area (Å²) < 4.78 is 7.41. The van der Waals surface area contributed by atoms with Crippen molar-refractivity contribution in [3.8, 4) is 17.0 Å². The molecular weight excluding hydrogens is 418 g/mol. The van der Waals surface area contributed by atoms with Crippen LogP contribution in [0.2, 0.25) is 0 Å². The summed E-state index contributed by atoms with van der Waals surface area (Å²) in [5, 5.41) is 21.1. The van der Waals surface area contributed by atoms with Crippen LogP contribution >= 0.6 is 0 Å². The van der Waals surface area contributed by atoms with Gasteiger partial charge in [0.05, 0.1) is 23.8 Å². The van der Waals surface area contributed by atoms with Gasteiger partial charge in [-0.3, -0.25) is 4.79 Å². The molecule has 6 rings (SSSR count). The number of methoxy groups -OCH3 is 1. The Morgan fingerprint density at radius 3 is 2.61 bits per heavy atom. The van der Waals surface area contributed by atoms with Crippen LogP contribution in [0, 0.1) is 5.41 Å². The van der Waals surface area contributed by atoms with E-state index in [-0.39, 0.29) is 23.2 Å². The average molecular weight is 446 g/mol. The number of ether oxygens (including phenoxy) is 1. The Morgan fingerprint density at radius 1 is 1.09 bits per heavy atom. The number of phenolic OH excluding ortho intramolecular Hbond substituents is 1. The van der Waals surface area contributed by atoms with Crippen LogP contribution in [0.5, 0.6) is 5.75 Å². The first kappa shape index (κ1) is 20.3. The quantitative estimate of drug-likeness (QED) is 0.526. The SMILES string of the molecule is COC(=O)C12CC1c1cc(O)ccc1-c1c(C3CCCCC3)c3ccc(C(=O)O)cc3n1C2. The number of fused-ring (bicyclic) bond motifs is 7. The number of hydrogen-bond acceptors (Lipinski definition) is 4. The molecule has 2 heterocycles. The number of nitrogens with zero attached hydrogens (tertiary/aromatic N) is 1. The number of carbonyl (C=O) groups is 2. The Morgan fingerprint density at radius 2 is 1.88 bits per heavy atom. The second-order valence-electron chi connectivity index (χ2n) is 9.90. The van der Waals surface area contributed by atoms with Crippen LogP contribution in [-0.4, -0.2) is 33.8 Å². The lowest BCUT2D eigenvalue weighted by atomic mass is 9.81. The van der Waals surface area contributed by atoms with Gasteiger partial charge < -0.3 is 19.5 Å². The van der Waals surface area contributed by atoms with Gasteiger partial charge in [0.1, 0.15) is 5.75 Å². The zero-order valence-electron chi connectivity index (χ0n) is 18.6. The van der Waals surface area contributed by atoms with Gasteiger partial charge in [-0.15, -0.1) is 0 Å². The Kier molecular flexibility index (Phi) is 4.38. The van der Waals surface area contributed by atoms with Crippen LogP contribution in [0.3, 0.4) is 0 Å². The third-order valence-corrected chi connectivity index (χ3v) is 8.14. The first-order chi connectivity index (χ1) is 15.9. The molecule has 0 bridgehead atoms. The molecule has 2 aromatic carbocycles. The minimum atomic E-state index is -0.961. The summed E-state index contributed by atoms with van der Waals surface area (Å²) in [6.45, 7) is 0.446. The Bertz CT molecular complexity index is 1320. The molecule has 2 N–H and O–H groups in total. The van der Waals surface area contributed by atoms with Crippen molar-refractivity contribution >= 4 is 22.8 Å². The summed E-state index contributed by atoms with van der Waals surface area (Å²) in [6, 6.07) is 10.9. The molecular formula is C27H27NO5. The Balaban J connectivity index is 1.70. The number of carboxylic acid groups (broad SMARTS) is 1. The molecule has 2 unspecified atom stereocenters. The van der Waals surface area contributed by atoms with Crippen molar-refractivity contribution in [3.05, 3.63) is 53.1 Å². The highest BCUT2D eigenvalue weighted by Gasteiger charge is 2.63. The number of rotatable bonds is 3. The van der Waals surface area contributed by atoms with Crippen LogP contribution in [-0.2, 0) is 16.1 Å². The van der Waals surface area contributed by atoms with E-state index in [9.17, 15) is 19.8 Å². The minimum absolute atomic E-state index is 0.0242. The van der Waals surface area contributed by atoms with E-state index in [4.69, 9.17) is 4.74 Å². The fraction of sp³-hybridized carbons (Fsp3) is 0.407. The van der Waals surface area contributed by atoms with E-state index < -0.39 is 11.4 Å². The maximum Gasteiger partial charge on any atom is 0.335 e. The second kappa shape index (κ2) is 7.11. The third kappa shape index (κ3) is 2.86. The Labute approximate surface area is 191 Å².